The molecule has 39 heavy (non-hydrogen) atoms. The van der Waals surface area contributed by atoms with Crippen LogP contribution in [0, 0.1) is 5.82 Å². The number of hydrogen-bond donors (Lipinski definition) is 1. The average Bonchev–Trinajstić information content (AvgIpc) is 2.95. The number of carbonyl (C=O) groups excluding carboxylic acids is 1. The van der Waals surface area contributed by atoms with Gasteiger partial charge in [-0.3, -0.25) is 9.69 Å². The highest BCUT2D eigenvalue weighted by molar-refractivity contribution is 6.02. The van der Waals surface area contributed by atoms with Crippen LogP contribution < -0.4 is 25.5 Å². The molecule has 1 aliphatic heterocycles. The monoisotopic (exact) mass is 530 g/mol. The Morgan fingerprint density at radius 1 is 1.03 bits per heavy atom. The minimum Gasteiger partial charge on any atom is -0.497 e. The van der Waals surface area contributed by atoms with Gasteiger partial charge in [0.1, 0.15) is 11.6 Å². The highest BCUT2D eigenvalue weighted by Crippen LogP contribution is 2.30. The summed E-state index contributed by atoms with van der Waals surface area (Å²) in [5.74, 6) is 0.602. The summed E-state index contributed by atoms with van der Waals surface area (Å²) >= 11 is 0. The number of likely N-dealkylation sites (N-methyl/N-ethyl adjacent to an activating group) is 1. The number of carbonyl (C=O) groups is 1. The van der Waals surface area contributed by atoms with Crippen molar-refractivity contribution in [2.24, 2.45) is 0 Å². The lowest BCUT2D eigenvalue weighted by Crippen LogP contribution is -2.55. The maximum Gasteiger partial charge on any atom is 0.326 e. The molecule has 1 fully saturated rings. The number of ether oxygens (including phenoxy) is 1. The van der Waals surface area contributed by atoms with Gasteiger partial charge in [-0.2, -0.15) is 0 Å². The molecule has 1 N–H and O–H groups in total. The zero-order chi connectivity index (χ0) is 27.5. The molecule has 1 aromatic heterocycles. The summed E-state index contributed by atoms with van der Waals surface area (Å²) in [5, 5.41) is 5.36. The van der Waals surface area contributed by atoms with Gasteiger partial charge in [0.25, 0.3) is 5.56 Å². The summed E-state index contributed by atoms with van der Waals surface area (Å²) in [7, 11) is 3.61. The van der Waals surface area contributed by atoms with E-state index < -0.39 is 17.9 Å². The van der Waals surface area contributed by atoms with Gasteiger partial charge in [0.15, 0.2) is 5.82 Å². The van der Waals surface area contributed by atoms with E-state index >= 15 is 0 Å². The van der Waals surface area contributed by atoms with Crippen molar-refractivity contribution in [1.29, 1.82) is 0 Å². The van der Waals surface area contributed by atoms with Crippen molar-refractivity contribution in [3.8, 4) is 5.75 Å². The number of aromatic nitrogens is 2. The first-order valence-electron chi connectivity index (χ1n) is 12.8. The third-order valence-corrected chi connectivity index (χ3v) is 6.95. The van der Waals surface area contributed by atoms with E-state index in [9.17, 15) is 14.0 Å². The molecule has 1 unspecified atom stereocenters. The maximum absolute atomic E-state index is 13.9. The smallest absolute Gasteiger partial charge is 0.326 e. The van der Waals surface area contributed by atoms with E-state index in [1.54, 1.807) is 48.2 Å². The van der Waals surface area contributed by atoms with Crippen molar-refractivity contribution < 1.29 is 13.9 Å². The van der Waals surface area contributed by atoms with Crippen molar-refractivity contribution in [2.45, 2.75) is 13.0 Å². The largest absolute Gasteiger partial charge is 0.497 e. The summed E-state index contributed by atoms with van der Waals surface area (Å²) in [6.07, 6.45) is 0. The summed E-state index contributed by atoms with van der Waals surface area (Å²) in [6.45, 7) is 4.69. The molecule has 1 atom stereocenters. The molecule has 3 aromatic carbocycles. The second kappa shape index (κ2) is 11.1. The SMILES string of the molecule is COc1cccc(N(C(=O)Nc2ccc(F)cc2)C(C)c2nc3ccccc3c(=O)n2N2CCN(C)CC2)c1. The third-order valence-electron chi connectivity index (χ3n) is 6.95. The van der Waals surface area contributed by atoms with E-state index in [2.05, 4.69) is 10.2 Å². The number of nitrogens with zero attached hydrogens (tertiary/aromatic N) is 5. The minimum absolute atomic E-state index is 0.184. The Bertz CT molecular complexity index is 1530. The summed E-state index contributed by atoms with van der Waals surface area (Å²) in [5.41, 5.74) is 1.36. The maximum atomic E-state index is 13.9. The van der Waals surface area contributed by atoms with Gasteiger partial charge in [-0.05, 0) is 62.5 Å². The first kappa shape index (κ1) is 26.2. The van der Waals surface area contributed by atoms with E-state index in [1.165, 1.54) is 29.2 Å². The fourth-order valence-electron chi connectivity index (χ4n) is 4.79. The number of para-hydroxylation sites is 1. The predicted octanol–water partition coefficient (Wildman–Crippen LogP) is 4.23. The third kappa shape index (κ3) is 5.42. The van der Waals surface area contributed by atoms with Gasteiger partial charge in [0.2, 0.25) is 0 Å². The molecular formula is C29H31FN6O3. The van der Waals surface area contributed by atoms with E-state index in [0.717, 1.165) is 13.1 Å². The van der Waals surface area contributed by atoms with Crippen molar-refractivity contribution >= 4 is 28.3 Å². The number of fused-ring (bicyclic) bond motifs is 1. The second-order valence-electron chi connectivity index (χ2n) is 9.55. The summed E-state index contributed by atoms with van der Waals surface area (Å²) in [4.78, 5) is 36.4. The molecule has 10 heteroatoms. The van der Waals surface area contributed by atoms with E-state index in [1.807, 2.05) is 31.1 Å². The molecular weight excluding hydrogens is 499 g/mol. The van der Waals surface area contributed by atoms with Gasteiger partial charge >= 0.3 is 6.03 Å². The van der Waals surface area contributed by atoms with Gasteiger partial charge in [-0.1, -0.05) is 18.2 Å². The fourth-order valence-corrected chi connectivity index (χ4v) is 4.79. The van der Waals surface area contributed by atoms with Crippen LogP contribution in [0.4, 0.5) is 20.6 Å². The second-order valence-corrected chi connectivity index (χ2v) is 9.55. The van der Waals surface area contributed by atoms with Crippen molar-refractivity contribution in [3.05, 3.63) is 94.8 Å². The Morgan fingerprint density at radius 3 is 2.46 bits per heavy atom. The van der Waals surface area contributed by atoms with Gasteiger partial charge in [0.05, 0.1) is 24.1 Å². The first-order valence-corrected chi connectivity index (χ1v) is 12.8. The Labute approximate surface area is 226 Å². The summed E-state index contributed by atoms with van der Waals surface area (Å²) < 4.78 is 20.6. The molecule has 2 heterocycles. The quantitative estimate of drug-likeness (QED) is 0.402. The van der Waals surface area contributed by atoms with E-state index in [4.69, 9.17) is 9.72 Å². The Hall–Kier alpha value is -4.44. The zero-order valence-electron chi connectivity index (χ0n) is 22.2. The predicted molar refractivity (Wildman–Crippen MR) is 151 cm³/mol. The lowest BCUT2D eigenvalue weighted by atomic mass is 10.2. The van der Waals surface area contributed by atoms with Crippen LogP contribution in [0.25, 0.3) is 10.9 Å². The van der Waals surface area contributed by atoms with Crippen LogP contribution in [0.5, 0.6) is 5.75 Å². The molecule has 2 amide bonds. The van der Waals surface area contributed by atoms with Crippen molar-refractivity contribution in [1.82, 2.24) is 14.6 Å². The molecule has 0 spiro atoms. The van der Waals surface area contributed by atoms with Gasteiger partial charge in [-0.15, -0.1) is 0 Å². The topological polar surface area (TPSA) is 82.9 Å². The number of urea groups is 1. The van der Waals surface area contributed by atoms with Gasteiger partial charge in [0, 0.05) is 43.6 Å². The van der Waals surface area contributed by atoms with Crippen LogP contribution in [0.15, 0.2) is 77.6 Å². The van der Waals surface area contributed by atoms with Gasteiger partial charge < -0.3 is 20.0 Å². The van der Waals surface area contributed by atoms with Crippen LogP contribution in [0.1, 0.15) is 18.8 Å². The van der Waals surface area contributed by atoms with E-state index in [0.29, 0.717) is 46.9 Å². The van der Waals surface area contributed by atoms with Crippen LogP contribution in [-0.4, -0.2) is 60.9 Å². The Kier molecular flexibility index (Phi) is 7.47. The number of halogens is 1. The molecule has 1 aliphatic rings. The van der Waals surface area contributed by atoms with Crippen LogP contribution in [-0.2, 0) is 0 Å². The number of nitrogens with one attached hydrogen (secondary N) is 1. The molecule has 4 aromatic rings. The number of rotatable bonds is 6. The number of piperazine rings is 1. The number of anilines is 2. The number of methoxy groups -OCH3 is 1. The van der Waals surface area contributed by atoms with Crippen LogP contribution in [0.3, 0.4) is 0 Å². The van der Waals surface area contributed by atoms with Crippen molar-refractivity contribution in [2.75, 3.05) is 55.6 Å². The minimum atomic E-state index is -0.672. The Balaban J connectivity index is 1.64. The number of amides is 2. The highest BCUT2D eigenvalue weighted by atomic mass is 19.1. The molecule has 1 saturated heterocycles. The fraction of sp³-hybridized carbons (Fsp3) is 0.276. The first-order chi connectivity index (χ1) is 18.9. The standard InChI is InChI=1S/C29H31FN6O3/c1-20(27-32-26-10-5-4-9-25(26)28(37)36(27)34-17-15-33(2)16-18-34)35(23-7-6-8-24(19-23)39-3)29(38)31-22-13-11-21(30)12-14-22/h4-14,19-20H,15-18H2,1-3H3,(H,31,38). The van der Waals surface area contributed by atoms with Crippen molar-refractivity contribution in [3.63, 3.8) is 0 Å². The van der Waals surface area contributed by atoms with E-state index in [-0.39, 0.29) is 5.56 Å². The molecule has 0 saturated carbocycles. The number of benzene rings is 3. The lowest BCUT2D eigenvalue weighted by molar-refractivity contribution is 0.254. The highest BCUT2D eigenvalue weighted by Gasteiger charge is 2.30. The molecule has 202 valence electrons. The molecule has 0 aliphatic carbocycles. The average molecular weight is 531 g/mol. The molecule has 9 nitrogen and oxygen atoms in total. The Morgan fingerprint density at radius 2 is 1.74 bits per heavy atom. The number of hydrogen-bond acceptors (Lipinski definition) is 6. The molecule has 0 bridgehead atoms. The van der Waals surface area contributed by atoms with Gasteiger partial charge in [-0.25, -0.2) is 18.8 Å². The van der Waals surface area contributed by atoms with Crippen LogP contribution >= 0.6 is 0 Å². The lowest BCUT2D eigenvalue weighted by Gasteiger charge is -2.38. The normalized spacial score (nSPS) is 14.7. The van der Waals surface area contributed by atoms with Crippen LogP contribution in [0.2, 0.25) is 0 Å². The summed E-state index contributed by atoms with van der Waals surface area (Å²) in [6, 6.07) is 18.8. The molecule has 0 radical (unpaired) electrons. The zero-order valence-corrected chi connectivity index (χ0v) is 22.2. The molecule has 5 rings (SSSR count).